The number of nitrogens with zero attached hydrogens (tertiary/aromatic N) is 6. The van der Waals surface area contributed by atoms with Crippen LogP contribution in [0.4, 0.5) is 17.6 Å². The first kappa shape index (κ1) is 23.5. The maximum absolute atomic E-state index is 15.0. The fraction of sp³-hybridized carbons (Fsp3) is 0.261. The van der Waals surface area contributed by atoms with Gasteiger partial charge in [-0.15, -0.1) is 0 Å². The van der Waals surface area contributed by atoms with Crippen LogP contribution in [-0.4, -0.2) is 59.0 Å². The van der Waals surface area contributed by atoms with Gasteiger partial charge in [-0.1, -0.05) is 0 Å². The van der Waals surface area contributed by atoms with Crippen molar-refractivity contribution in [3.8, 4) is 11.3 Å². The van der Waals surface area contributed by atoms with Crippen molar-refractivity contribution < 1.29 is 32.3 Å². The average molecular weight is 502 g/mol. The van der Waals surface area contributed by atoms with Crippen molar-refractivity contribution in [3.05, 3.63) is 65.1 Å². The number of amides is 1. The predicted molar refractivity (Wildman–Crippen MR) is 117 cm³/mol. The van der Waals surface area contributed by atoms with Crippen LogP contribution in [0.5, 0.6) is 0 Å². The predicted octanol–water partition coefficient (Wildman–Crippen LogP) is 3.20. The van der Waals surface area contributed by atoms with Crippen molar-refractivity contribution in [2.24, 2.45) is 7.05 Å². The molecule has 0 saturated heterocycles. The lowest BCUT2D eigenvalue weighted by molar-refractivity contribution is -0.142. The SMILES string of the molecule is Cn1ncc2nc(-c3ccc(F)c4c3CCN([C@H](Cc3cnn(C(F)F)c3)C(=O)O)C4=O)c(F)cc21. The van der Waals surface area contributed by atoms with Crippen LogP contribution < -0.4 is 0 Å². The first-order valence-electron chi connectivity index (χ1n) is 10.8. The number of carbonyl (C=O) groups is 2. The number of alkyl halides is 2. The molecule has 0 fully saturated rings. The van der Waals surface area contributed by atoms with E-state index in [1.807, 2.05) is 0 Å². The van der Waals surface area contributed by atoms with E-state index in [0.29, 0.717) is 15.7 Å². The molecule has 13 heteroatoms. The number of rotatable bonds is 6. The second kappa shape index (κ2) is 8.73. The van der Waals surface area contributed by atoms with Gasteiger partial charge in [0.05, 0.1) is 23.5 Å². The van der Waals surface area contributed by atoms with E-state index in [1.54, 1.807) is 7.05 Å². The van der Waals surface area contributed by atoms with Crippen LogP contribution >= 0.6 is 0 Å². The van der Waals surface area contributed by atoms with Crippen LogP contribution in [0.25, 0.3) is 22.3 Å². The minimum Gasteiger partial charge on any atom is -0.480 e. The van der Waals surface area contributed by atoms with Gasteiger partial charge in [0.2, 0.25) is 0 Å². The summed E-state index contributed by atoms with van der Waals surface area (Å²) in [5.74, 6) is -3.86. The average Bonchev–Trinajstić information content (AvgIpc) is 3.45. The van der Waals surface area contributed by atoms with Gasteiger partial charge in [-0.05, 0) is 29.7 Å². The van der Waals surface area contributed by atoms with E-state index in [0.717, 1.165) is 23.4 Å². The molecule has 1 aromatic carbocycles. The Hall–Kier alpha value is -4.29. The topological polar surface area (TPSA) is 106 Å². The number of carboxylic acids is 1. The number of aliphatic carboxylic acids is 1. The van der Waals surface area contributed by atoms with Crippen LogP contribution in [0.3, 0.4) is 0 Å². The molecule has 4 aromatic rings. The second-order valence-corrected chi connectivity index (χ2v) is 8.35. The van der Waals surface area contributed by atoms with E-state index in [4.69, 9.17) is 0 Å². The van der Waals surface area contributed by atoms with Gasteiger partial charge in [-0.2, -0.15) is 19.0 Å². The molecule has 5 rings (SSSR count). The molecular weight excluding hydrogens is 484 g/mol. The van der Waals surface area contributed by atoms with Crippen LogP contribution in [-0.2, 0) is 24.7 Å². The molecule has 0 saturated carbocycles. The van der Waals surface area contributed by atoms with Gasteiger partial charge in [0.1, 0.15) is 23.1 Å². The molecule has 0 bridgehead atoms. The summed E-state index contributed by atoms with van der Waals surface area (Å²) >= 11 is 0. The molecule has 1 N–H and O–H groups in total. The Labute approximate surface area is 200 Å². The molecule has 1 aliphatic heterocycles. The Bertz CT molecular complexity index is 1520. The molecule has 0 radical (unpaired) electrons. The Morgan fingerprint density at radius 3 is 2.64 bits per heavy atom. The van der Waals surface area contributed by atoms with Crippen molar-refractivity contribution in [1.29, 1.82) is 0 Å². The van der Waals surface area contributed by atoms with Gasteiger partial charge in [0.15, 0.2) is 5.82 Å². The number of benzene rings is 1. The standard InChI is InChI=1S/C23H18F4N6O3/c1-31-17-7-15(25)20(30-16(17)9-28-31)13-2-3-14(24)19-12(13)4-5-32(21(19)34)18(22(35)36)6-11-8-29-33(10-11)23(26)27/h2-3,7-10,18,23H,4-6H2,1H3,(H,35,36)/t18-/m1/s1. The zero-order chi connectivity index (χ0) is 25.7. The second-order valence-electron chi connectivity index (χ2n) is 8.35. The van der Waals surface area contributed by atoms with Crippen LogP contribution in [0.1, 0.15) is 28.0 Å². The van der Waals surface area contributed by atoms with Crippen molar-refractivity contribution in [3.63, 3.8) is 0 Å². The summed E-state index contributed by atoms with van der Waals surface area (Å²) in [4.78, 5) is 30.6. The van der Waals surface area contributed by atoms with Gasteiger partial charge in [0.25, 0.3) is 5.91 Å². The summed E-state index contributed by atoms with van der Waals surface area (Å²) in [6, 6.07) is 2.13. The summed E-state index contributed by atoms with van der Waals surface area (Å²) in [5.41, 5.74) is 1.00. The summed E-state index contributed by atoms with van der Waals surface area (Å²) in [5, 5.41) is 17.3. The molecule has 3 aromatic heterocycles. The highest BCUT2D eigenvalue weighted by molar-refractivity contribution is 6.01. The summed E-state index contributed by atoms with van der Waals surface area (Å²) in [7, 11) is 1.63. The fourth-order valence-electron chi connectivity index (χ4n) is 4.49. The van der Waals surface area contributed by atoms with Gasteiger partial charge in [0, 0.05) is 37.8 Å². The third kappa shape index (κ3) is 3.85. The van der Waals surface area contributed by atoms with Crippen molar-refractivity contribution in [1.82, 2.24) is 29.4 Å². The molecule has 36 heavy (non-hydrogen) atoms. The molecule has 9 nitrogen and oxygen atoms in total. The molecule has 4 heterocycles. The molecule has 186 valence electrons. The highest BCUT2D eigenvalue weighted by Crippen LogP contribution is 2.34. The minimum atomic E-state index is -2.90. The van der Waals surface area contributed by atoms with E-state index in [2.05, 4.69) is 15.2 Å². The molecule has 0 aliphatic carbocycles. The highest BCUT2D eigenvalue weighted by Gasteiger charge is 2.37. The molecule has 0 spiro atoms. The molecule has 1 atom stereocenters. The third-order valence-electron chi connectivity index (χ3n) is 6.23. The number of carbonyl (C=O) groups excluding carboxylic acids is 1. The van der Waals surface area contributed by atoms with Crippen LogP contribution in [0.15, 0.2) is 36.8 Å². The Morgan fingerprint density at radius 2 is 1.94 bits per heavy atom. The first-order chi connectivity index (χ1) is 17.2. The number of fused-ring (bicyclic) bond motifs is 2. The Kier molecular flexibility index (Phi) is 5.69. The number of hydrogen-bond acceptors (Lipinski definition) is 5. The van der Waals surface area contributed by atoms with Gasteiger partial charge in [-0.25, -0.2) is 23.2 Å². The van der Waals surface area contributed by atoms with Crippen LogP contribution in [0.2, 0.25) is 0 Å². The minimum absolute atomic E-state index is 0.0282. The summed E-state index contributed by atoms with van der Waals surface area (Å²) in [6.45, 7) is -3.02. The van der Waals surface area contributed by atoms with Crippen molar-refractivity contribution in [2.75, 3.05) is 6.54 Å². The Balaban J connectivity index is 1.52. The van der Waals surface area contributed by atoms with E-state index < -0.39 is 36.1 Å². The molecular formula is C23H18F4N6O3. The van der Waals surface area contributed by atoms with Gasteiger partial charge < -0.3 is 10.0 Å². The first-order valence-corrected chi connectivity index (χ1v) is 10.8. The number of carboxylic acid groups (broad SMARTS) is 1. The maximum atomic E-state index is 15.0. The highest BCUT2D eigenvalue weighted by atomic mass is 19.3. The molecule has 1 amide bonds. The third-order valence-corrected chi connectivity index (χ3v) is 6.23. The van der Waals surface area contributed by atoms with Gasteiger partial charge >= 0.3 is 12.5 Å². The van der Waals surface area contributed by atoms with E-state index in [1.165, 1.54) is 23.0 Å². The number of aromatic nitrogens is 5. The van der Waals surface area contributed by atoms with Crippen molar-refractivity contribution >= 4 is 22.9 Å². The maximum Gasteiger partial charge on any atom is 0.333 e. The summed E-state index contributed by atoms with van der Waals surface area (Å²) in [6.07, 6.45) is 3.25. The smallest absolute Gasteiger partial charge is 0.333 e. The fourth-order valence-corrected chi connectivity index (χ4v) is 4.49. The number of halogens is 4. The normalized spacial score (nSPS) is 14.5. The van der Waals surface area contributed by atoms with E-state index in [9.17, 15) is 27.9 Å². The van der Waals surface area contributed by atoms with Gasteiger partial charge in [-0.3, -0.25) is 9.48 Å². The largest absolute Gasteiger partial charge is 0.480 e. The number of hydrogen-bond donors (Lipinski definition) is 1. The zero-order valence-corrected chi connectivity index (χ0v) is 18.7. The number of pyridine rings is 1. The number of aryl methyl sites for hydroxylation is 1. The summed E-state index contributed by atoms with van der Waals surface area (Å²) < 4.78 is 57.4. The molecule has 0 unspecified atom stereocenters. The lowest BCUT2D eigenvalue weighted by Crippen LogP contribution is -2.50. The lowest BCUT2D eigenvalue weighted by atomic mass is 9.90. The monoisotopic (exact) mass is 502 g/mol. The van der Waals surface area contributed by atoms with E-state index in [-0.39, 0.29) is 47.3 Å². The Morgan fingerprint density at radius 1 is 1.17 bits per heavy atom. The van der Waals surface area contributed by atoms with E-state index >= 15 is 4.39 Å². The zero-order valence-electron chi connectivity index (χ0n) is 18.7. The lowest BCUT2D eigenvalue weighted by Gasteiger charge is -2.34. The van der Waals surface area contributed by atoms with Crippen molar-refractivity contribution in [2.45, 2.75) is 25.4 Å². The molecule has 1 aliphatic rings. The van der Waals surface area contributed by atoms with Crippen LogP contribution in [0, 0.1) is 11.6 Å². The quantitative estimate of drug-likeness (QED) is 0.406.